The highest BCUT2D eigenvalue weighted by Gasteiger charge is 2.34. The van der Waals surface area contributed by atoms with Crippen molar-refractivity contribution in [2.45, 2.75) is 37.0 Å². The maximum atomic E-state index is 13.5. The van der Waals surface area contributed by atoms with Crippen LogP contribution in [0, 0.1) is 5.92 Å². The molecule has 34 heavy (non-hydrogen) atoms. The number of nitrogens with one attached hydrogen (secondary N) is 1. The summed E-state index contributed by atoms with van der Waals surface area (Å²) in [6, 6.07) is 18.6. The molecular weight excluding hydrogens is 455 g/mol. The lowest BCUT2D eigenvalue weighted by Crippen LogP contribution is -2.24. The van der Waals surface area contributed by atoms with Gasteiger partial charge in [0.15, 0.2) is 0 Å². The molecule has 3 aromatic carbocycles. The molecule has 3 nitrogen and oxygen atoms in total. The van der Waals surface area contributed by atoms with Gasteiger partial charge in [0.25, 0.3) is 0 Å². The second kappa shape index (κ2) is 10.3. The van der Waals surface area contributed by atoms with Crippen LogP contribution < -0.4 is 10.1 Å². The molecule has 1 heterocycles. The van der Waals surface area contributed by atoms with Gasteiger partial charge in [0.1, 0.15) is 11.5 Å². The number of alkyl halides is 3. The SMILES string of the molecule is CC[SiH2]C(C(=O)C[C@@H]1CNC[C@H]1c1ccc(C(F)(F)F)cc1)c1ccc2cc(OC)ccc2c1. The summed E-state index contributed by atoms with van der Waals surface area (Å²) in [5, 5.41) is 5.51. The van der Waals surface area contributed by atoms with Crippen LogP contribution in [0.4, 0.5) is 13.2 Å². The second-order valence-electron chi connectivity index (χ2n) is 9.13. The molecule has 0 aromatic heterocycles. The molecule has 0 bridgehead atoms. The Morgan fingerprint density at radius 1 is 1.06 bits per heavy atom. The number of benzene rings is 3. The number of carbonyl (C=O) groups is 1. The number of Topliss-reactive ketones (excluding diaryl/α,β-unsaturated/α-hetero) is 1. The molecule has 3 aromatic rings. The summed E-state index contributed by atoms with van der Waals surface area (Å²) in [6.45, 7) is 3.52. The standard InChI is InChI=1S/C27H30F3NO2Si/c1-3-34-26(20-5-4-19-13-23(33-2)11-8-18(19)12-20)25(32)14-21-15-31-16-24(21)17-6-9-22(10-7-17)27(28,29)30/h4-13,21,24,26,31H,3,14-16,34H2,1-2H3/t21-,24+,26?/m1/s1. The number of hydrogen-bond donors (Lipinski definition) is 1. The van der Waals surface area contributed by atoms with E-state index >= 15 is 0 Å². The van der Waals surface area contributed by atoms with Gasteiger partial charge in [-0.05, 0) is 58.6 Å². The first-order valence-electron chi connectivity index (χ1n) is 11.8. The summed E-state index contributed by atoms with van der Waals surface area (Å²) in [5.41, 5.74) is 1.25. The highest BCUT2D eigenvalue weighted by Crippen LogP contribution is 2.35. The lowest BCUT2D eigenvalue weighted by Gasteiger charge is -2.22. The number of ether oxygens (including phenoxy) is 1. The van der Waals surface area contributed by atoms with Crippen LogP contribution in [0.15, 0.2) is 60.7 Å². The van der Waals surface area contributed by atoms with E-state index in [0.29, 0.717) is 19.5 Å². The van der Waals surface area contributed by atoms with Crippen LogP contribution in [0.25, 0.3) is 10.8 Å². The van der Waals surface area contributed by atoms with Crippen molar-refractivity contribution in [1.82, 2.24) is 5.32 Å². The van der Waals surface area contributed by atoms with Crippen LogP contribution in [0.1, 0.15) is 41.5 Å². The minimum Gasteiger partial charge on any atom is -0.497 e. The lowest BCUT2D eigenvalue weighted by molar-refractivity contribution is -0.137. The minimum atomic E-state index is -4.34. The molecule has 180 valence electrons. The van der Waals surface area contributed by atoms with Crippen LogP contribution in [0.3, 0.4) is 0 Å². The quantitative estimate of drug-likeness (QED) is 0.430. The second-order valence-corrected chi connectivity index (χ2v) is 11.5. The van der Waals surface area contributed by atoms with Crippen molar-refractivity contribution < 1.29 is 22.7 Å². The summed E-state index contributed by atoms with van der Waals surface area (Å²) in [5.74, 6) is 1.19. The number of halogens is 3. The van der Waals surface area contributed by atoms with Crippen molar-refractivity contribution in [3.8, 4) is 5.75 Å². The topological polar surface area (TPSA) is 38.3 Å². The molecule has 1 fully saturated rings. The molecule has 1 N–H and O–H groups in total. The Morgan fingerprint density at radius 2 is 1.76 bits per heavy atom. The molecule has 7 heteroatoms. The van der Waals surface area contributed by atoms with Gasteiger partial charge >= 0.3 is 6.18 Å². The van der Waals surface area contributed by atoms with Crippen molar-refractivity contribution in [3.05, 3.63) is 77.4 Å². The molecule has 1 aliphatic rings. The number of ketones is 1. The normalized spacial score (nSPS) is 19.7. The number of rotatable bonds is 8. The van der Waals surface area contributed by atoms with Crippen LogP contribution >= 0.6 is 0 Å². The highest BCUT2D eigenvalue weighted by molar-refractivity contribution is 6.44. The molecule has 4 rings (SSSR count). The summed E-state index contributed by atoms with van der Waals surface area (Å²) >= 11 is 0. The van der Waals surface area contributed by atoms with Gasteiger partial charge in [-0.1, -0.05) is 49.4 Å². The smallest absolute Gasteiger partial charge is 0.416 e. The van der Waals surface area contributed by atoms with E-state index in [1.54, 1.807) is 19.2 Å². The van der Waals surface area contributed by atoms with Gasteiger partial charge in [-0.15, -0.1) is 0 Å². The van der Waals surface area contributed by atoms with Crippen molar-refractivity contribution >= 4 is 26.1 Å². The molecule has 0 saturated carbocycles. The molecule has 0 amide bonds. The number of methoxy groups -OCH3 is 1. The molecule has 0 radical (unpaired) electrons. The van der Waals surface area contributed by atoms with E-state index < -0.39 is 21.3 Å². The Hall–Kier alpha value is -2.64. The van der Waals surface area contributed by atoms with Gasteiger partial charge in [0.2, 0.25) is 0 Å². The molecule has 1 aliphatic heterocycles. The van der Waals surface area contributed by atoms with E-state index in [1.807, 2.05) is 18.2 Å². The van der Waals surface area contributed by atoms with Crippen LogP contribution in [0.2, 0.25) is 6.04 Å². The zero-order valence-corrected chi connectivity index (χ0v) is 20.9. The summed E-state index contributed by atoms with van der Waals surface area (Å²) in [7, 11) is 0.999. The predicted molar refractivity (Wildman–Crippen MR) is 132 cm³/mol. The Bertz CT molecular complexity index is 1150. The Morgan fingerprint density at radius 3 is 2.44 bits per heavy atom. The van der Waals surface area contributed by atoms with Crippen LogP contribution in [-0.4, -0.2) is 35.5 Å². The van der Waals surface area contributed by atoms with Gasteiger partial charge in [-0.3, -0.25) is 4.79 Å². The van der Waals surface area contributed by atoms with E-state index in [-0.39, 0.29) is 23.2 Å². The van der Waals surface area contributed by atoms with E-state index in [2.05, 4.69) is 30.4 Å². The van der Waals surface area contributed by atoms with E-state index in [0.717, 1.165) is 45.8 Å². The molecule has 3 atom stereocenters. The van der Waals surface area contributed by atoms with Crippen molar-refractivity contribution in [2.75, 3.05) is 20.2 Å². The Kier molecular flexibility index (Phi) is 7.43. The first kappa shape index (κ1) is 24.5. The zero-order valence-electron chi connectivity index (χ0n) is 19.5. The number of carbonyl (C=O) groups excluding carboxylic acids is 1. The Balaban J connectivity index is 1.52. The van der Waals surface area contributed by atoms with Crippen molar-refractivity contribution in [3.63, 3.8) is 0 Å². The lowest BCUT2D eigenvalue weighted by atomic mass is 9.84. The highest BCUT2D eigenvalue weighted by atomic mass is 28.2. The first-order chi connectivity index (χ1) is 16.3. The Labute approximate surface area is 200 Å². The van der Waals surface area contributed by atoms with Gasteiger partial charge in [0.05, 0.1) is 12.7 Å². The number of fused-ring (bicyclic) bond motifs is 1. The fraction of sp³-hybridized carbons (Fsp3) is 0.370. The predicted octanol–water partition coefficient (Wildman–Crippen LogP) is 5.48. The third kappa shape index (κ3) is 5.36. The molecule has 1 saturated heterocycles. The maximum absolute atomic E-state index is 13.5. The zero-order chi connectivity index (χ0) is 24.3. The van der Waals surface area contributed by atoms with Gasteiger partial charge in [-0.2, -0.15) is 13.2 Å². The van der Waals surface area contributed by atoms with E-state index in [9.17, 15) is 18.0 Å². The van der Waals surface area contributed by atoms with Crippen LogP contribution in [0.5, 0.6) is 5.75 Å². The van der Waals surface area contributed by atoms with Crippen molar-refractivity contribution in [2.24, 2.45) is 5.92 Å². The fourth-order valence-electron chi connectivity index (χ4n) is 5.05. The molecule has 1 unspecified atom stereocenters. The average Bonchev–Trinajstić information content (AvgIpc) is 3.29. The van der Waals surface area contributed by atoms with Gasteiger partial charge < -0.3 is 10.1 Å². The first-order valence-corrected chi connectivity index (χ1v) is 13.6. The largest absolute Gasteiger partial charge is 0.497 e. The van der Waals surface area contributed by atoms with E-state index in [4.69, 9.17) is 4.74 Å². The minimum absolute atomic E-state index is 0.0410. The van der Waals surface area contributed by atoms with E-state index in [1.165, 1.54) is 0 Å². The molecular formula is C27H30F3NO2Si. The maximum Gasteiger partial charge on any atom is 0.416 e. The monoisotopic (exact) mass is 485 g/mol. The van der Waals surface area contributed by atoms with Gasteiger partial charge in [-0.25, -0.2) is 0 Å². The van der Waals surface area contributed by atoms with Crippen molar-refractivity contribution in [1.29, 1.82) is 0 Å². The fourth-order valence-corrected chi connectivity index (χ4v) is 6.70. The summed E-state index contributed by atoms with van der Waals surface area (Å²) < 4.78 is 44.1. The summed E-state index contributed by atoms with van der Waals surface area (Å²) in [4.78, 5) is 13.5. The summed E-state index contributed by atoms with van der Waals surface area (Å²) in [6.07, 6.45) is -3.90. The number of hydrogen-bond acceptors (Lipinski definition) is 3. The van der Waals surface area contributed by atoms with Crippen LogP contribution in [-0.2, 0) is 11.0 Å². The third-order valence-electron chi connectivity index (χ3n) is 6.91. The average molecular weight is 486 g/mol. The molecule has 0 aliphatic carbocycles. The third-order valence-corrected chi connectivity index (χ3v) is 8.99. The van der Waals surface area contributed by atoms with Gasteiger partial charge in [0, 0.05) is 33.9 Å². The molecule has 0 spiro atoms.